The normalized spacial score (nSPS) is 10.4. The minimum atomic E-state index is -0.639. The van der Waals surface area contributed by atoms with Crippen molar-refractivity contribution in [3.05, 3.63) is 70.3 Å². The summed E-state index contributed by atoms with van der Waals surface area (Å²) in [5.74, 6) is -0.265. The van der Waals surface area contributed by atoms with Gasteiger partial charge >= 0.3 is 5.97 Å². The van der Waals surface area contributed by atoms with E-state index >= 15 is 0 Å². The molecule has 8 heteroatoms. The smallest absolute Gasteiger partial charge is 0.356 e. The van der Waals surface area contributed by atoms with E-state index in [-0.39, 0.29) is 18.2 Å². The summed E-state index contributed by atoms with van der Waals surface area (Å²) in [6, 6.07) is 16.6. The summed E-state index contributed by atoms with van der Waals surface area (Å²) in [7, 11) is 3.22. The molecule has 0 radical (unpaired) electrons. The fraction of sp³-hybridized carbons (Fsp3) is 0.190. The van der Waals surface area contributed by atoms with Gasteiger partial charge in [0.15, 0.2) is 6.61 Å². The van der Waals surface area contributed by atoms with Crippen molar-refractivity contribution >= 4 is 27.8 Å². The maximum atomic E-state index is 12.3. The van der Waals surface area contributed by atoms with Crippen LogP contribution in [0.5, 0.6) is 5.75 Å². The minimum absolute atomic E-state index is 0.183. The molecule has 1 aromatic heterocycles. The molecule has 1 heterocycles. The van der Waals surface area contributed by atoms with E-state index in [4.69, 9.17) is 9.47 Å². The Morgan fingerprint density at radius 2 is 1.86 bits per heavy atom. The lowest BCUT2D eigenvalue weighted by Gasteiger charge is -2.18. The number of nitrogens with one attached hydrogen (secondary N) is 1. The molecule has 1 N–H and O–H groups in total. The summed E-state index contributed by atoms with van der Waals surface area (Å²) < 4.78 is 11.4. The van der Waals surface area contributed by atoms with Crippen molar-refractivity contribution in [2.24, 2.45) is 0 Å². The summed E-state index contributed by atoms with van der Waals surface area (Å²) in [5, 5.41) is 6.77. The largest absolute Gasteiger partial charge is 0.496 e. The molecule has 0 atom stereocenters. The number of hydrogen-bond donors (Lipinski definition) is 1. The van der Waals surface area contributed by atoms with Crippen LogP contribution < -0.4 is 4.74 Å². The molecule has 0 saturated carbocycles. The Bertz CT molecular complexity index is 1000. The average Bonchev–Trinajstić information content (AvgIpc) is 3.23. The lowest BCUT2D eigenvalue weighted by molar-refractivity contribution is -0.133. The highest BCUT2D eigenvalue weighted by molar-refractivity contribution is 9.10. The molecule has 0 bridgehead atoms. The lowest BCUT2D eigenvalue weighted by atomic mass is 10.1. The van der Waals surface area contributed by atoms with Gasteiger partial charge in [0.1, 0.15) is 11.4 Å². The van der Waals surface area contributed by atoms with Crippen LogP contribution in [0.1, 0.15) is 16.1 Å². The lowest BCUT2D eigenvalue weighted by Crippen LogP contribution is -2.31. The van der Waals surface area contributed by atoms with E-state index in [2.05, 4.69) is 26.1 Å². The number of aromatic amines is 1. The van der Waals surface area contributed by atoms with Gasteiger partial charge in [-0.05, 0) is 24.3 Å². The van der Waals surface area contributed by atoms with E-state index in [1.165, 1.54) is 4.90 Å². The highest BCUT2D eigenvalue weighted by Crippen LogP contribution is 2.21. The van der Waals surface area contributed by atoms with E-state index in [1.54, 1.807) is 20.2 Å². The van der Waals surface area contributed by atoms with Gasteiger partial charge in [0.25, 0.3) is 5.91 Å². The Labute approximate surface area is 176 Å². The van der Waals surface area contributed by atoms with Gasteiger partial charge in [0.2, 0.25) is 0 Å². The second-order valence-corrected chi connectivity index (χ2v) is 7.23. The Hall–Kier alpha value is -3.13. The summed E-state index contributed by atoms with van der Waals surface area (Å²) in [6.07, 6.45) is 0. The van der Waals surface area contributed by atoms with Gasteiger partial charge < -0.3 is 14.4 Å². The molecule has 0 aliphatic heterocycles. The number of amides is 1. The molecule has 3 rings (SSSR count). The number of carbonyl (C=O) groups excluding carboxylic acids is 2. The number of hydrogen-bond acceptors (Lipinski definition) is 5. The zero-order chi connectivity index (χ0) is 20.8. The molecule has 150 valence electrons. The van der Waals surface area contributed by atoms with Crippen molar-refractivity contribution < 1.29 is 19.1 Å². The van der Waals surface area contributed by atoms with Crippen LogP contribution in [0.3, 0.4) is 0 Å². The summed E-state index contributed by atoms with van der Waals surface area (Å²) >= 11 is 3.38. The number of likely N-dealkylation sites (N-methyl/N-ethyl adjacent to an activating group) is 1. The van der Waals surface area contributed by atoms with E-state index in [0.29, 0.717) is 18.0 Å². The number of nitrogens with zero attached hydrogens (tertiary/aromatic N) is 2. The van der Waals surface area contributed by atoms with Crippen LogP contribution in [0, 0.1) is 0 Å². The predicted molar refractivity (Wildman–Crippen MR) is 111 cm³/mol. The SMILES string of the molecule is COc1ccccc1CN(C)C(=O)COC(=O)c1cc(-c2ccc(Br)cc2)n[nH]1. The Morgan fingerprint density at radius 1 is 1.14 bits per heavy atom. The van der Waals surface area contributed by atoms with Gasteiger partial charge in [-0.2, -0.15) is 5.10 Å². The van der Waals surface area contributed by atoms with Crippen LogP contribution in [-0.4, -0.2) is 47.7 Å². The molecule has 1 amide bonds. The molecule has 0 fully saturated rings. The number of aromatic nitrogens is 2. The molecule has 0 saturated heterocycles. The molecule has 0 aliphatic carbocycles. The number of carbonyl (C=O) groups is 2. The number of esters is 1. The molecule has 0 unspecified atom stereocenters. The van der Waals surface area contributed by atoms with Gasteiger partial charge in [-0.3, -0.25) is 9.89 Å². The molecule has 0 spiro atoms. The standard InChI is InChI=1S/C21H20BrN3O4/c1-25(12-15-5-3-4-6-19(15)28-2)20(26)13-29-21(27)18-11-17(23-24-18)14-7-9-16(22)10-8-14/h3-11H,12-13H2,1-2H3,(H,23,24). The van der Waals surface area contributed by atoms with Crippen molar-refractivity contribution in [2.45, 2.75) is 6.54 Å². The van der Waals surface area contributed by atoms with Crippen molar-refractivity contribution in [3.8, 4) is 17.0 Å². The molecule has 7 nitrogen and oxygen atoms in total. The Kier molecular flexibility index (Phi) is 6.66. The third-order valence-electron chi connectivity index (χ3n) is 4.29. The quantitative estimate of drug-likeness (QED) is 0.547. The van der Waals surface area contributed by atoms with Crippen LogP contribution in [0.4, 0.5) is 0 Å². The second kappa shape index (κ2) is 9.38. The molecule has 2 aromatic carbocycles. The Morgan fingerprint density at radius 3 is 2.59 bits per heavy atom. The first-order chi connectivity index (χ1) is 14.0. The topological polar surface area (TPSA) is 84.5 Å². The maximum absolute atomic E-state index is 12.3. The summed E-state index contributed by atoms with van der Waals surface area (Å²) in [4.78, 5) is 26.0. The number of para-hydroxylation sites is 1. The average molecular weight is 458 g/mol. The van der Waals surface area contributed by atoms with Gasteiger partial charge in [0, 0.05) is 29.2 Å². The molecular formula is C21H20BrN3O4. The highest BCUT2D eigenvalue weighted by atomic mass is 79.9. The van der Waals surface area contributed by atoms with Crippen molar-refractivity contribution in [1.82, 2.24) is 15.1 Å². The van der Waals surface area contributed by atoms with Gasteiger partial charge in [-0.15, -0.1) is 0 Å². The highest BCUT2D eigenvalue weighted by Gasteiger charge is 2.17. The van der Waals surface area contributed by atoms with Gasteiger partial charge in [-0.25, -0.2) is 4.79 Å². The van der Waals surface area contributed by atoms with Crippen LogP contribution in [-0.2, 0) is 16.1 Å². The summed E-state index contributed by atoms with van der Waals surface area (Å²) in [5.41, 5.74) is 2.52. The third kappa shape index (κ3) is 5.23. The van der Waals surface area contributed by atoms with Crippen LogP contribution >= 0.6 is 15.9 Å². The summed E-state index contributed by atoms with van der Waals surface area (Å²) in [6.45, 7) is -0.0186. The first-order valence-corrected chi connectivity index (χ1v) is 9.61. The molecule has 29 heavy (non-hydrogen) atoms. The fourth-order valence-electron chi connectivity index (χ4n) is 2.69. The molecular weight excluding hydrogens is 438 g/mol. The minimum Gasteiger partial charge on any atom is -0.496 e. The van der Waals surface area contributed by atoms with Crippen molar-refractivity contribution in [2.75, 3.05) is 20.8 Å². The predicted octanol–water partition coefficient (Wildman–Crippen LogP) is 3.66. The number of rotatable bonds is 7. The van der Waals surface area contributed by atoms with E-state index in [9.17, 15) is 9.59 Å². The monoisotopic (exact) mass is 457 g/mol. The van der Waals surface area contributed by atoms with Crippen LogP contribution in [0.2, 0.25) is 0 Å². The first kappa shape index (κ1) is 20.6. The number of halogens is 1. The zero-order valence-corrected chi connectivity index (χ0v) is 17.6. The third-order valence-corrected chi connectivity index (χ3v) is 4.82. The van der Waals surface area contributed by atoms with Crippen LogP contribution in [0.25, 0.3) is 11.3 Å². The van der Waals surface area contributed by atoms with Crippen molar-refractivity contribution in [3.63, 3.8) is 0 Å². The zero-order valence-electron chi connectivity index (χ0n) is 16.0. The first-order valence-electron chi connectivity index (χ1n) is 8.82. The second-order valence-electron chi connectivity index (χ2n) is 6.31. The van der Waals surface area contributed by atoms with E-state index < -0.39 is 5.97 Å². The van der Waals surface area contributed by atoms with Crippen LogP contribution in [0.15, 0.2) is 59.1 Å². The maximum Gasteiger partial charge on any atom is 0.356 e. The number of ether oxygens (including phenoxy) is 2. The van der Waals surface area contributed by atoms with Crippen molar-refractivity contribution in [1.29, 1.82) is 0 Å². The molecule has 0 aliphatic rings. The Balaban J connectivity index is 1.56. The van der Waals surface area contributed by atoms with Gasteiger partial charge in [0.05, 0.1) is 12.8 Å². The number of benzene rings is 2. The fourth-order valence-corrected chi connectivity index (χ4v) is 2.95. The molecule has 3 aromatic rings. The number of methoxy groups -OCH3 is 1. The number of H-pyrrole nitrogens is 1. The van der Waals surface area contributed by atoms with E-state index in [0.717, 1.165) is 15.6 Å². The van der Waals surface area contributed by atoms with Gasteiger partial charge in [-0.1, -0.05) is 46.3 Å². The van der Waals surface area contributed by atoms with E-state index in [1.807, 2.05) is 48.5 Å².